The van der Waals surface area contributed by atoms with Crippen LogP contribution in [-0.2, 0) is 9.05 Å². The highest BCUT2D eigenvalue weighted by atomic mass is 35.7. The fraction of sp³-hybridized carbons (Fsp3) is 0.300. The van der Waals surface area contributed by atoms with Crippen molar-refractivity contribution in [1.82, 2.24) is 9.55 Å². The first-order valence-corrected chi connectivity index (χ1v) is 7.28. The molecular weight excluding hydrogens is 248 g/mol. The van der Waals surface area contributed by atoms with Crippen molar-refractivity contribution in [3.05, 3.63) is 24.5 Å². The number of aromatic nitrogens is 2. The smallest absolute Gasteiger partial charge is 0.263 e. The molecule has 0 amide bonds. The highest BCUT2D eigenvalue weighted by Crippen LogP contribution is 2.38. The topological polar surface area (TPSA) is 52.0 Å². The molecule has 0 unspecified atom stereocenters. The van der Waals surface area contributed by atoms with Crippen LogP contribution in [0.4, 0.5) is 0 Å². The maximum absolute atomic E-state index is 11.4. The Balaban J connectivity index is 2.32. The quantitative estimate of drug-likeness (QED) is 0.775. The molecule has 0 spiro atoms. The highest BCUT2D eigenvalue weighted by Gasteiger charge is 2.26. The summed E-state index contributed by atoms with van der Waals surface area (Å²) in [5, 5.41) is 0. The van der Waals surface area contributed by atoms with Gasteiger partial charge in [-0.05, 0) is 25.0 Å². The molecule has 6 heteroatoms. The maximum Gasteiger partial charge on any atom is 0.263 e. The lowest BCUT2D eigenvalue weighted by Gasteiger charge is -2.01. The number of benzene rings is 1. The van der Waals surface area contributed by atoms with Gasteiger partial charge in [0.25, 0.3) is 9.05 Å². The third-order valence-corrected chi connectivity index (χ3v) is 4.12. The van der Waals surface area contributed by atoms with E-state index in [-0.39, 0.29) is 4.90 Å². The second-order valence-corrected chi connectivity index (χ2v) is 6.48. The predicted molar refractivity (Wildman–Crippen MR) is 61.0 cm³/mol. The Kier molecular flexibility index (Phi) is 2.03. The second-order valence-electron chi connectivity index (χ2n) is 3.94. The molecule has 0 radical (unpaired) electrons. The number of imidazole rings is 1. The van der Waals surface area contributed by atoms with Crippen LogP contribution in [0.2, 0.25) is 0 Å². The molecule has 3 rings (SSSR count). The zero-order chi connectivity index (χ0) is 11.3. The monoisotopic (exact) mass is 256 g/mol. The maximum atomic E-state index is 11.4. The number of nitrogens with zero attached hydrogens (tertiary/aromatic N) is 2. The molecule has 1 aliphatic carbocycles. The van der Waals surface area contributed by atoms with Gasteiger partial charge < -0.3 is 4.57 Å². The molecule has 16 heavy (non-hydrogen) atoms. The number of hydrogen-bond donors (Lipinski definition) is 0. The number of rotatable bonds is 2. The largest absolute Gasteiger partial charge is 0.327 e. The molecule has 1 aliphatic rings. The van der Waals surface area contributed by atoms with E-state index < -0.39 is 9.05 Å². The predicted octanol–water partition coefficient (Wildman–Crippen LogP) is 2.30. The van der Waals surface area contributed by atoms with Crippen molar-refractivity contribution in [3.63, 3.8) is 0 Å². The van der Waals surface area contributed by atoms with E-state index in [4.69, 9.17) is 10.7 Å². The lowest BCUT2D eigenvalue weighted by molar-refractivity contribution is 0.610. The molecule has 0 aliphatic heterocycles. The van der Waals surface area contributed by atoms with E-state index in [0.717, 1.165) is 18.4 Å². The first-order valence-electron chi connectivity index (χ1n) is 4.97. The first kappa shape index (κ1) is 10.1. The van der Waals surface area contributed by atoms with Crippen molar-refractivity contribution in [3.8, 4) is 0 Å². The Hall–Kier alpha value is -1.07. The van der Waals surface area contributed by atoms with Crippen LogP contribution in [-0.4, -0.2) is 18.0 Å². The van der Waals surface area contributed by atoms with Crippen molar-refractivity contribution in [1.29, 1.82) is 0 Å². The summed E-state index contributed by atoms with van der Waals surface area (Å²) in [4.78, 5) is 4.23. The molecule has 4 nitrogen and oxygen atoms in total. The van der Waals surface area contributed by atoms with E-state index in [9.17, 15) is 8.42 Å². The summed E-state index contributed by atoms with van der Waals surface area (Å²) in [6.45, 7) is 0. The molecule has 0 N–H and O–H groups in total. The molecule has 1 saturated carbocycles. The van der Waals surface area contributed by atoms with Crippen molar-refractivity contribution < 1.29 is 8.42 Å². The SMILES string of the molecule is O=S(=O)(Cl)c1cccc2c1ncn2C1CC1. The van der Waals surface area contributed by atoms with Crippen LogP contribution >= 0.6 is 10.7 Å². The van der Waals surface area contributed by atoms with Gasteiger partial charge in [0.1, 0.15) is 10.4 Å². The van der Waals surface area contributed by atoms with Crippen LogP contribution in [0.3, 0.4) is 0 Å². The minimum Gasteiger partial charge on any atom is -0.327 e. The fourth-order valence-electron chi connectivity index (χ4n) is 1.87. The van der Waals surface area contributed by atoms with Crippen molar-refractivity contribution >= 4 is 30.8 Å². The Morgan fingerprint density at radius 3 is 2.75 bits per heavy atom. The summed E-state index contributed by atoms with van der Waals surface area (Å²) in [7, 11) is 1.64. The highest BCUT2D eigenvalue weighted by molar-refractivity contribution is 8.14. The van der Waals surface area contributed by atoms with Gasteiger partial charge in [0, 0.05) is 16.7 Å². The molecule has 1 aromatic carbocycles. The Morgan fingerprint density at radius 1 is 1.38 bits per heavy atom. The van der Waals surface area contributed by atoms with Gasteiger partial charge in [-0.25, -0.2) is 13.4 Å². The third kappa shape index (κ3) is 1.51. The molecule has 1 fully saturated rings. The third-order valence-electron chi connectivity index (χ3n) is 2.77. The second kappa shape index (κ2) is 3.21. The van der Waals surface area contributed by atoms with Gasteiger partial charge >= 0.3 is 0 Å². The molecule has 84 valence electrons. The van der Waals surface area contributed by atoms with Crippen LogP contribution in [0.5, 0.6) is 0 Å². The van der Waals surface area contributed by atoms with Gasteiger partial charge in [-0.2, -0.15) is 0 Å². The Morgan fingerprint density at radius 2 is 2.12 bits per heavy atom. The van der Waals surface area contributed by atoms with E-state index in [1.54, 1.807) is 12.4 Å². The van der Waals surface area contributed by atoms with Gasteiger partial charge in [-0.15, -0.1) is 0 Å². The van der Waals surface area contributed by atoms with Crippen molar-refractivity contribution in [2.75, 3.05) is 0 Å². The number of halogens is 1. The van der Waals surface area contributed by atoms with Gasteiger partial charge in [0.2, 0.25) is 0 Å². The average Bonchev–Trinajstić information content (AvgIpc) is 2.96. The zero-order valence-electron chi connectivity index (χ0n) is 8.30. The number of fused-ring (bicyclic) bond motifs is 1. The van der Waals surface area contributed by atoms with E-state index >= 15 is 0 Å². The molecule has 0 saturated heterocycles. The molecule has 1 aromatic heterocycles. The Labute approximate surface area is 97.3 Å². The summed E-state index contributed by atoms with van der Waals surface area (Å²) in [6, 6.07) is 5.51. The average molecular weight is 257 g/mol. The molecule has 0 atom stereocenters. The standard InChI is InChI=1S/C10H9ClN2O2S/c11-16(14,15)9-3-1-2-8-10(9)12-6-13(8)7-4-5-7/h1-3,6-7H,4-5H2. The van der Waals surface area contributed by atoms with Crippen molar-refractivity contribution in [2.24, 2.45) is 0 Å². The van der Waals surface area contributed by atoms with Crippen LogP contribution in [0.1, 0.15) is 18.9 Å². The number of para-hydroxylation sites is 1. The van der Waals surface area contributed by atoms with Gasteiger partial charge in [-0.1, -0.05) is 6.07 Å². The Bertz CT molecular complexity index is 659. The lowest BCUT2D eigenvalue weighted by atomic mass is 10.3. The zero-order valence-corrected chi connectivity index (χ0v) is 9.87. The minimum atomic E-state index is -3.72. The van der Waals surface area contributed by atoms with Crippen LogP contribution in [0.25, 0.3) is 11.0 Å². The van der Waals surface area contributed by atoms with Crippen LogP contribution < -0.4 is 0 Å². The molecular formula is C10H9ClN2O2S. The fourth-order valence-corrected chi connectivity index (χ4v) is 2.87. The van der Waals surface area contributed by atoms with Gasteiger partial charge in [-0.3, -0.25) is 0 Å². The summed E-state index contributed by atoms with van der Waals surface area (Å²) in [6.07, 6.45) is 3.94. The summed E-state index contributed by atoms with van der Waals surface area (Å²) in [5.41, 5.74) is 1.30. The van der Waals surface area contributed by atoms with E-state index in [2.05, 4.69) is 4.98 Å². The lowest BCUT2D eigenvalue weighted by Crippen LogP contribution is -1.94. The van der Waals surface area contributed by atoms with Crippen LogP contribution in [0, 0.1) is 0 Å². The normalized spacial score (nSPS) is 16.8. The molecule has 0 bridgehead atoms. The summed E-state index contributed by atoms with van der Waals surface area (Å²) in [5.74, 6) is 0. The summed E-state index contributed by atoms with van der Waals surface area (Å²) >= 11 is 0. The molecule has 2 aromatic rings. The van der Waals surface area contributed by atoms with Gasteiger partial charge in [0.15, 0.2) is 0 Å². The van der Waals surface area contributed by atoms with Crippen LogP contribution in [0.15, 0.2) is 29.4 Å². The summed E-state index contributed by atoms with van der Waals surface area (Å²) < 4.78 is 24.7. The van der Waals surface area contributed by atoms with Crippen molar-refractivity contribution in [2.45, 2.75) is 23.8 Å². The van der Waals surface area contributed by atoms with E-state index in [0.29, 0.717) is 11.6 Å². The van der Waals surface area contributed by atoms with E-state index in [1.165, 1.54) is 6.07 Å². The number of hydrogen-bond acceptors (Lipinski definition) is 3. The molecule has 1 heterocycles. The first-order chi connectivity index (χ1) is 7.57. The van der Waals surface area contributed by atoms with E-state index in [1.807, 2.05) is 10.6 Å². The van der Waals surface area contributed by atoms with Gasteiger partial charge in [0.05, 0.1) is 11.8 Å². The minimum absolute atomic E-state index is 0.0890.